The third kappa shape index (κ3) is 5.24. The number of aromatic nitrogens is 2. The number of hydrogen-bond donors (Lipinski definition) is 0. The van der Waals surface area contributed by atoms with Crippen LogP contribution in [0.2, 0.25) is 0 Å². The average molecular weight is 510 g/mol. The first kappa shape index (κ1) is 25.4. The van der Waals surface area contributed by atoms with E-state index in [1.165, 1.54) is 10.1 Å². The molecule has 0 saturated heterocycles. The van der Waals surface area contributed by atoms with Gasteiger partial charge in [0.25, 0.3) is 0 Å². The van der Waals surface area contributed by atoms with Gasteiger partial charge in [0.2, 0.25) is 0 Å². The Morgan fingerprint density at radius 3 is 2.29 bits per heavy atom. The Bertz CT molecular complexity index is 1670. The van der Waals surface area contributed by atoms with E-state index in [1.807, 2.05) is 62.6 Å². The molecule has 194 valence electrons. The quantitative estimate of drug-likeness (QED) is 0.266. The number of carbonyl (C=O) groups is 1. The molecule has 0 spiro atoms. The van der Waals surface area contributed by atoms with Crippen molar-refractivity contribution in [2.45, 2.75) is 39.5 Å². The highest BCUT2D eigenvalue weighted by atomic mass is 16.6. The predicted octanol–water partition coefficient (Wildman–Crippen LogP) is 5.88. The SMILES string of the molecule is CN(C)Cc1ccc(-c2ccc3oc4c(-c5ccccc5)nc(=O)n(CC(=O)OC(C)(C)C)c4c3c2)cc1. The topological polar surface area (TPSA) is 77.6 Å². The van der Waals surface area contributed by atoms with Crippen molar-refractivity contribution in [3.05, 3.63) is 88.8 Å². The fraction of sp³-hybridized carbons (Fsp3) is 0.258. The lowest BCUT2D eigenvalue weighted by atomic mass is 10.0. The standard InChI is InChI=1S/C31H31N3O4/c1-31(2,3)38-26(35)19-34-28-24-17-23(21-13-11-20(12-14-21)18-33(4)5)15-16-25(24)37-29(28)27(32-30(34)36)22-9-7-6-8-10-22/h6-17H,18-19H2,1-5H3. The highest BCUT2D eigenvalue weighted by Gasteiger charge is 2.23. The Balaban J connectivity index is 1.70. The zero-order chi connectivity index (χ0) is 27.0. The molecule has 2 heterocycles. The highest BCUT2D eigenvalue weighted by molar-refractivity contribution is 6.08. The van der Waals surface area contributed by atoms with E-state index < -0.39 is 17.3 Å². The van der Waals surface area contributed by atoms with Crippen LogP contribution in [-0.2, 0) is 22.6 Å². The van der Waals surface area contributed by atoms with E-state index in [2.05, 4.69) is 34.1 Å². The van der Waals surface area contributed by atoms with Gasteiger partial charge in [0, 0.05) is 17.5 Å². The third-order valence-electron chi connectivity index (χ3n) is 6.13. The first-order chi connectivity index (χ1) is 18.1. The second-order valence-electron chi connectivity index (χ2n) is 10.7. The van der Waals surface area contributed by atoms with Crippen molar-refractivity contribution in [2.24, 2.45) is 0 Å². The van der Waals surface area contributed by atoms with Gasteiger partial charge < -0.3 is 14.1 Å². The van der Waals surface area contributed by atoms with Crippen molar-refractivity contribution in [2.75, 3.05) is 14.1 Å². The molecule has 0 radical (unpaired) electrons. The summed E-state index contributed by atoms with van der Waals surface area (Å²) >= 11 is 0. The Kier molecular flexibility index (Phi) is 6.63. The molecule has 0 atom stereocenters. The number of benzene rings is 3. The number of hydrogen-bond acceptors (Lipinski definition) is 6. The summed E-state index contributed by atoms with van der Waals surface area (Å²) in [6.07, 6.45) is 0. The normalized spacial score (nSPS) is 11.9. The van der Waals surface area contributed by atoms with Crippen LogP contribution in [0.4, 0.5) is 0 Å². The molecule has 0 N–H and O–H groups in total. The van der Waals surface area contributed by atoms with Crippen molar-refractivity contribution in [3.8, 4) is 22.4 Å². The smallest absolute Gasteiger partial charge is 0.349 e. The molecule has 0 aliphatic heterocycles. The zero-order valence-corrected chi connectivity index (χ0v) is 22.3. The average Bonchev–Trinajstić information content (AvgIpc) is 3.24. The van der Waals surface area contributed by atoms with Crippen molar-refractivity contribution in [1.82, 2.24) is 14.5 Å². The van der Waals surface area contributed by atoms with Crippen LogP contribution in [-0.4, -0.2) is 40.1 Å². The molecule has 5 rings (SSSR count). The van der Waals surface area contributed by atoms with E-state index in [0.717, 1.165) is 28.6 Å². The van der Waals surface area contributed by atoms with E-state index in [0.29, 0.717) is 22.4 Å². The number of ether oxygens (including phenoxy) is 1. The van der Waals surface area contributed by atoms with Gasteiger partial charge in [0.1, 0.15) is 28.9 Å². The van der Waals surface area contributed by atoms with Gasteiger partial charge in [-0.15, -0.1) is 0 Å². The monoisotopic (exact) mass is 509 g/mol. The van der Waals surface area contributed by atoms with E-state index in [4.69, 9.17) is 9.15 Å². The fourth-order valence-corrected chi connectivity index (χ4v) is 4.60. The Morgan fingerprint density at radius 1 is 0.947 bits per heavy atom. The van der Waals surface area contributed by atoms with Gasteiger partial charge in [-0.05, 0) is 63.7 Å². The predicted molar refractivity (Wildman–Crippen MR) is 150 cm³/mol. The van der Waals surface area contributed by atoms with Crippen LogP contribution in [0.3, 0.4) is 0 Å². The molecule has 5 aromatic rings. The first-order valence-electron chi connectivity index (χ1n) is 12.6. The molecule has 7 nitrogen and oxygen atoms in total. The van der Waals surface area contributed by atoms with Crippen LogP contribution in [0.25, 0.3) is 44.5 Å². The minimum atomic E-state index is -0.679. The van der Waals surface area contributed by atoms with Gasteiger partial charge in [-0.1, -0.05) is 60.7 Å². The minimum absolute atomic E-state index is 0.271. The van der Waals surface area contributed by atoms with Crippen LogP contribution in [0.15, 0.2) is 82.0 Å². The van der Waals surface area contributed by atoms with Gasteiger partial charge in [0.15, 0.2) is 5.58 Å². The molecule has 0 aliphatic carbocycles. The van der Waals surface area contributed by atoms with E-state index in [9.17, 15) is 9.59 Å². The number of rotatable bonds is 6. The first-order valence-corrected chi connectivity index (χ1v) is 12.6. The second kappa shape index (κ2) is 9.91. The molecular weight excluding hydrogens is 478 g/mol. The lowest BCUT2D eigenvalue weighted by Gasteiger charge is -2.20. The summed E-state index contributed by atoms with van der Waals surface area (Å²) in [4.78, 5) is 32.6. The lowest BCUT2D eigenvalue weighted by Crippen LogP contribution is -2.32. The van der Waals surface area contributed by atoms with Gasteiger partial charge in [0.05, 0.1) is 0 Å². The summed E-state index contributed by atoms with van der Waals surface area (Å²) < 4.78 is 13.2. The zero-order valence-electron chi connectivity index (χ0n) is 22.3. The maximum Gasteiger partial charge on any atom is 0.349 e. The van der Waals surface area contributed by atoms with Crippen LogP contribution in [0, 0.1) is 0 Å². The molecule has 0 bridgehead atoms. The molecule has 0 saturated carbocycles. The van der Waals surface area contributed by atoms with Crippen molar-refractivity contribution >= 4 is 28.0 Å². The Hall–Kier alpha value is -4.23. The van der Waals surface area contributed by atoms with Gasteiger partial charge >= 0.3 is 11.7 Å². The largest absolute Gasteiger partial charge is 0.459 e. The minimum Gasteiger partial charge on any atom is -0.459 e. The van der Waals surface area contributed by atoms with Gasteiger partial charge in [-0.3, -0.25) is 9.36 Å². The lowest BCUT2D eigenvalue weighted by molar-refractivity contribution is -0.155. The van der Waals surface area contributed by atoms with Crippen molar-refractivity contribution < 1.29 is 13.9 Å². The Labute approximate surface area is 221 Å². The Morgan fingerprint density at radius 2 is 1.63 bits per heavy atom. The molecule has 38 heavy (non-hydrogen) atoms. The number of fused-ring (bicyclic) bond motifs is 3. The third-order valence-corrected chi connectivity index (χ3v) is 6.13. The second-order valence-corrected chi connectivity index (χ2v) is 10.7. The molecule has 7 heteroatoms. The van der Waals surface area contributed by atoms with Crippen LogP contribution in [0.1, 0.15) is 26.3 Å². The van der Waals surface area contributed by atoms with Crippen molar-refractivity contribution in [1.29, 1.82) is 0 Å². The molecule has 2 aromatic heterocycles. The molecule has 0 aliphatic rings. The number of carbonyl (C=O) groups excluding carboxylic acids is 1. The summed E-state index contributed by atoms with van der Waals surface area (Å²) in [6, 6.07) is 23.7. The van der Waals surface area contributed by atoms with Crippen molar-refractivity contribution in [3.63, 3.8) is 0 Å². The summed E-state index contributed by atoms with van der Waals surface area (Å²) in [5, 5.41) is 0.732. The van der Waals surface area contributed by atoms with E-state index in [-0.39, 0.29) is 6.54 Å². The van der Waals surface area contributed by atoms with E-state index >= 15 is 0 Å². The summed E-state index contributed by atoms with van der Waals surface area (Å²) in [6.45, 7) is 5.97. The number of nitrogens with zero attached hydrogens (tertiary/aromatic N) is 3. The number of esters is 1. The van der Waals surface area contributed by atoms with E-state index in [1.54, 1.807) is 20.8 Å². The highest BCUT2D eigenvalue weighted by Crippen LogP contribution is 2.36. The molecular formula is C31H31N3O4. The molecule has 0 unspecified atom stereocenters. The fourth-order valence-electron chi connectivity index (χ4n) is 4.60. The molecule has 3 aromatic carbocycles. The maximum atomic E-state index is 13.3. The number of furan rings is 1. The van der Waals surface area contributed by atoms with Gasteiger partial charge in [-0.25, -0.2) is 4.79 Å². The van der Waals surface area contributed by atoms with Crippen LogP contribution >= 0.6 is 0 Å². The molecule has 0 amide bonds. The van der Waals surface area contributed by atoms with Crippen LogP contribution in [0.5, 0.6) is 0 Å². The van der Waals surface area contributed by atoms with Gasteiger partial charge in [-0.2, -0.15) is 4.98 Å². The molecule has 0 fully saturated rings. The van der Waals surface area contributed by atoms with Crippen LogP contribution < -0.4 is 5.69 Å². The summed E-state index contributed by atoms with van der Waals surface area (Å²) in [5.74, 6) is -0.517. The summed E-state index contributed by atoms with van der Waals surface area (Å²) in [5.41, 5.74) is 4.81. The maximum absolute atomic E-state index is 13.3. The summed E-state index contributed by atoms with van der Waals surface area (Å²) in [7, 11) is 4.09.